The minimum Gasteiger partial charge on any atom is -0.432 e. The van der Waals surface area contributed by atoms with Gasteiger partial charge in [-0.2, -0.15) is 0 Å². The number of anilines is 1. The molecule has 0 amide bonds. The van der Waals surface area contributed by atoms with Crippen LogP contribution in [0.15, 0.2) is 35.1 Å². The number of fused-ring (bicyclic) bond motifs is 5. The van der Waals surface area contributed by atoms with Gasteiger partial charge in [0.2, 0.25) is 5.71 Å². The van der Waals surface area contributed by atoms with E-state index in [-0.39, 0.29) is 11.5 Å². The van der Waals surface area contributed by atoms with Crippen LogP contribution < -0.4 is 5.32 Å². The highest BCUT2D eigenvalue weighted by molar-refractivity contribution is 6.06. The van der Waals surface area contributed by atoms with E-state index in [1.54, 1.807) is 12.5 Å². The summed E-state index contributed by atoms with van der Waals surface area (Å²) in [5, 5.41) is 4.31. The van der Waals surface area contributed by atoms with Crippen molar-refractivity contribution in [2.24, 2.45) is 0 Å². The summed E-state index contributed by atoms with van der Waals surface area (Å²) in [7, 11) is 0. The molecule has 0 radical (unpaired) electrons. The van der Waals surface area contributed by atoms with E-state index in [0.717, 1.165) is 28.7 Å². The Morgan fingerprint density at radius 3 is 2.77 bits per heavy atom. The minimum absolute atomic E-state index is 0.244. The molecule has 5 rings (SSSR count). The van der Waals surface area contributed by atoms with Crippen molar-refractivity contribution < 1.29 is 9.15 Å². The molecule has 0 bridgehead atoms. The van der Waals surface area contributed by atoms with Gasteiger partial charge in [0.05, 0.1) is 35.5 Å². The molecule has 30 heavy (non-hydrogen) atoms. The third-order valence-corrected chi connectivity index (χ3v) is 5.57. The van der Waals surface area contributed by atoms with Crippen molar-refractivity contribution in [3.63, 3.8) is 0 Å². The Morgan fingerprint density at radius 2 is 2.00 bits per heavy atom. The second-order valence-corrected chi connectivity index (χ2v) is 8.69. The third kappa shape index (κ3) is 3.19. The summed E-state index contributed by atoms with van der Waals surface area (Å²) in [6.45, 7) is 9.64. The molecule has 0 aliphatic carbocycles. The van der Waals surface area contributed by atoms with Crippen molar-refractivity contribution in [1.82, 2.24) is 19.9 Å². The molecule has 0 aromatic carbocycles. The number of rotatable bonds is 4. The quantitative estimate of drug-likeness (QED) is 0.526. The molecule has 0 saturated heterocycles. The van der Waals surface area contributed by atoms with Crippen LogP contribution in [0.5, 0.6) is 0 Å². The summed E-state index contributed by atoms with van der Waals surface area (Å²) >= 11 is 0. The Balaban J connectivity index is 1.67. The molecule has 1 N–H and O–H groups in total. The lowest BCUT2D eigenvalue weighted by Gasteiger charge is -2.33. The van der Waals surface area contributed by atoms with Crippen LogP contribution in [0.1, 0.15) is 56.1 Å². The van der Waals surface area contributed by atoms with E-state index in [1.807, 2.05) is 18.2 Å². The molecule has 5 heterocycles. The van der Waals surface area contributed by atoms with Gasteiger partial charge in [0.15, 0.2) is 11.4 Å². The Labute approximate surface area is 174 Å². The van der Waals surface area contributed by atoms with Crippen LogP contribution in [0, 0.1) is 0 Å². The van der Waals surface area contributed by atoms with Gasteiger partial charge in [-0.25, -0.2) is 15.0 Å². The Morgan fingerprint density at radius 1 is 1.13 bits per heavy atom. The van der Waals surface area contributed by atoms with E-state index in [1.165, 1.54) is 11.1 Å². The first-order valence-electron chi connectivity index (χ1n) is 10.3. The fourth-order valence-corrected chi connectivity index (χ4v) is 4.11. The first-order valence-corrected chi connectivity index (χ1v) is 10.3. The molecule has 0 fully saturated rings. The summed E-state index contributed by atoms with van der Waals surface area (Å²) < 4.78 is 12.3. The molecule has 4 aromatic heterocycles. The van der Waals surface area contributed by atoms with E-state index in [0.29, 0.717) is 30.3 Å². The smallest absolute Gasteiger partial charge is 0.229 e. The van der Waals surface area contributed by atoms with E-state index in [9.17, 15) is 0 Å². The van der Waals surface area contributed by atoms with Gasteiger partial charge >= 0.3 is 0 Å². The van der Waals surface area contributed by atoms with Crippen LogP contribution >= 0.6 is 0 Å². The van der Waals surface area contributed by atoms with E-state index in [2.05, 4.69) is 48.0 Å². The van der Waals surface area contributed by atoms with Gasteiger partial charge in [-0.05, 0) is 37.5 Å². The van der Waals surface area contributed by atoms with Gasteiger partial charge < -0.3 is 14.5 Å². The molecule has 0 spiro atoms. The van der Waals surface area contributed by atoms with E-state index in [4.69, 9.17) is 14.1 Å². The fourth-order valence-electron chi connectivity index (χ4n) is 4.11. The van der Waals surface area contributed by atoms with E-state index < -0.39 is 0 Å². The van der Waals surface area contributed by atoms with Crippen molar-refractivity contribution >= 4 is 28.0 Å². The summed E-state index contributed by atoms with van der Waals surface area (Å²) in [6, 6.07) is 5.84. The van der Waals surface area contributed by atoms with Crippen LogP contribution in [0.2, 0.25) is 0 Å². The third-order valence-electron chi connectivity index (χ3n) is 5.57. The molecule has 0 saturated carbocycles. The molecule has 154 valence electrons. The number of hydrogen-bond donors (Lipinski definition) is 1. The second kappa shape index (κ2) is 7.02. The minimum atomic E-state index is -0.244. The first kappa shape index (κ1) is 18.9. The predicted molar refractivity (Wildman–Crippen MR) is 115 cm³/mol. The highest BCUT2D eigenvalue weighted by Crippen LogP contribution is 2.40. The maximum atomic E-state index is 6.24. The van der Waals surface area contributed by atoms with Crippen molar-refractivity contribution in [3.05, 3.63) is 53.2 Å². The fraction of sp³-hybridized carbons (Fsp3) is 0.391. The second-order valence-electron chi connectivity index (χ2n) is 8.69. The van der Waals surface area contributed by atoms with Crippen LogP contribution in [0.4, 0.5) is 5.82 Å². The van der Waals surface area contributed by atoms with Gasteiger partial charge in [0.25, 0.3) is 0 Å². The SMILES string of the molecule is CC(C)c1nc2oc3c(NCc4ccccn4)ncnc3c2c2c1COC(C)(C)C2. The first-order chi connectivity index (χ1) is 14.4. The summed E-state index contributed by atoms with van der Waals surface area (Å²) in [5.41, 5.74) is 6.15. The summed E-state index contributed by atoms with van der Waals surface area (Å²) in [6.07, 6.45) is 4.14. The Bertz CT molecular complexity index is 1230. The number of aromatic nitrogens is 4. The van der Waals surface area contributed by atoms with Gasteiger partial charge in [0, 0.05) is 18.2 Å². The monoisotopic (exact) mass is 403 g/mol. The van der Waals surface area contributed by atoms with Gasteiger partial charge in [-0.15, -0.1) is 0 Å². The van der Waals surface area contributed by atoms with Crippen molar-refractivity contribution in [2.75, 3.05) is 5.32 Å². The normalized spacial score (nSPS) is 15.6. The summed E-state index contributed by atoms with van der Waals surface area (Å²) in [4.78, 5) is 18.2. The molecule has 1 aliphatic heterocycles. The number of pyridine rings is 2. The molecular formula is C23H25N5O2. The van der Waals surface area contributed by atoms with Crippen LogP contribution in [0.25, 0.3) is 22.2 Å². The summed E-state index contributed by atoms with van der Waals surface area (Å²) in [5.74, 6) is 0.920. The lowest BCUT2D eigenvalue weighted by molar-refractivity contribution is -0.0402. The van der Waals surface area contributed by atoms with Crippen molar-refractivity contribution in [2.45, 2.75) is 58.8 Å². The molecule has 1 aliphatic rings. The van der Waals surface area contributed by atoms with E-state index >= 15 is 0 Å². The Kier molecular flexibility index (Phi) is 4.43. The van der Waals surface area contributed by atoms with Crippen LogP contribution in [-0.2, 0) is 24.3 Å². The zero-order valence-electron chi connectivity index (χ0n) is 17.7. The largest absolute Gasteiger partial charge is 0.432 e. The molecular weight excluding hydrogens is 378 g/mol. The molecule has 7 nitrogen and oxygen atoms in total. The maximum Gasteiger partial charge on any atom is 0.229 e. The number of ether oxygens (including phenoxy) is 1. The van der Waals surface area contributed by atoms with Gasteiger partial charge in [-0.3, -0.25) is 4.98 Å². The predicted octanol–water partition coefficient (Wildman–Crippen LogP) is 4.75. The molecule has 0 atom stereocenters. The lowest BCUT2D eigenvalue weighted by atomic mass is 9.87. The number of furan rings is 1. The highest BCUT2D eigenvalue weighted by Gasteiger charge is 2.32. The van der Waals surface area contributed by atoms with Crippen molar-refractivity contribution in [3.8, 4) is 0 Å². The Hall–Kier alpha value is -3.06. The lowest BCUT2D eigenvalue weighted by Crippen LogP contribution is -2.33. The van der Waals surface area contributed by atoms with Crippen molar-refractivity contribution in [1.29, 1.82) is 0 Å². The molecule has 0 unspecified atom stereocenters. The number of nitrogens with one attached hydrogen (secondary N) is 1. The zero-order valence-corrected chi connectivity index (χ0v) is 17.7. The van der Waals surface area contributed by atoms with Gasteiger partial charge in [-0.1, -0.05) is 19.9 Å². The molecule has 7 heteroatoms. The number of hydrogen-bond acceptors (Lipinski definition) is 7. The topological polar surface area (TPSA) is 86.0 Å². The average Bonchev–Trinajstić information content (AvgIpc) is 3.11. The average molecular weight is 403 g/mol. The molecule has 4 aromatic rings. The standard InChI is InChI=1S/C23H25N5O2/c1-13(2)18-16-11-29-23(3,4)9-15(16)17-19-20(30-22(17)28-18)21(27-12-26-19)25-10-14-7-5-6-8-24-14/h5-8,12-13H,9-11H2,1-4H3,(H,25,26,27). The van der Waals surface area contributed by atoms with Gasteiger partial charge in [0.1, 0.15) is 11.8 Å². The van der Waals surface area contributed by atoms with Crippen LogP contribution in [0.3, 0.4) is 0 Å². The zero-order chi connectivity index (χ0) is 20.9. The maximum absolute atomic E-state index is 6.24. The van der Waals surface area contributed by atoms with Crippen LogP contribution in [-0.4, -0.2) is 25.5 Å². The number of nitrogens with zero attached hydrogens (tertiary/aromatic N) is 4. The highest BCUT2D eigenvalue weighted by atomic mass is 16.5.